The van der Waals surface area contributed by atoms with E-state index in [4.69, 9.17) is 23.7 Å². The Bertz CT molecular complexity index is 497. The van der Waals surface area contributed by atoms with Gasteiger partial charge in [-0.3, -0.25) is 4.79 Å². The number of fused-ring (bicyclic) bond motifs is 1. The number of methoxy groups -OCH3 is 1. The monoisotopic (exact) mass is 401 g/mol. The normalized spacial score (nSPS) is 31.0. The summed E-state index contributed by atoms with van der Waals surface area (Å²) in [6.45, 7) is 12.5. The molecule has 0 spiro atoms. The lowest BCUT2D eigenvalue weighted by molar-refractivity contribution is -0.220. The molecule has 7 heteroatoms. The zero-order valence-electron chi connectivity index (χ0n) is 18.5. The Morgan fingerprint density at radius 3 is 2.50 bits per heavy atom. The summed E-state index contributed by atoms with van der Waals surface area (Å²) in [5, 5.41) is 3.58. The van der Waals surface area contributed by atoms with Crippen LogP contribution >= 0.6 is 0 Å². The molecule has 0 radical (unpaired) electrons. The topological polar surface area (TPSA) is 75.3 Å². The van der Waals surface area contributed by atoms with Crippen LogP contribution in [-0.2, 0) is 28.5 Å². The van der Waals surface area contributed by atoms with Crippen LogP contribution in [0, 0.1) is 5.92 Å². The van der Waals surface area contributed by atoms with Crippen LogP contribution in [0.3, 0.4) is 0 Å². The first-order chi connectivity index (χ1) is 13.2. The van der Waals surface area contributed by atoms with Gasteiger partial charge in [0, 0.05) is 19.2 Å². The van der Waals surface area contributed by atoms with Crippen LogP contribution in [0.1, 0.15) is 67.2 Å². The third-order valence-corrected chi connectivity index (χ3v) is 5.30. The van der Waals surface area contributed by atoms with Crippen LogP contribution in [0.2, 0.25) is 0 Å². The molecule has 28 heavy (non-hydrogen) atoms. The van der Waals surface area contributed by atoms with E-state index >= 15 is 0 Å². The van der Waals surface area contributed by atoms with Crippen molar-refractivity contribution in [1.29, 1.82) is 0 Å². The Morgan fingerprint density at radius 2 is 1.89 bits per heavy atom. The van der Waals surface area contributed by atoms with Gasteiger partial charge in [0.05, 0.1) is 13.0 Å². The van der Waals surface area contributed by atoms with Crippen molar-refractivity contribution in [3.63, 3.8) is 0 Å². The minimum absolute atomic E-state index is 0.218. The highest BCUT2D eigenvalue weighted by Gasteiger charge is 2.57. The number of ether oxygens (including phenoxy) is 5. The fourth-order valence-corrected chi connectivity index (χ4v) is 4.05. The molecule has 2 unspecified atom stereocenters. The van der Waals surface area contributed by atoms with Crippen LogP contribution in [0.5, 0.6) is 0 Å². The SMILES string of the molecule is CCOC(=O)CC(NC(C)CCCC(C)C)[C@H]1O[C@@H]2OC(C)(C)O[C@@H]2[C@H]1OC. The summed E-state index contributed by atoms with van der Waals surface area (Å²) in [7, 11) is 1.64. The highest BCUT2D eigenvalue weighted by Crippen LogP contribution is 2.40. The van der Waals surface area contributed by atoms with Gasteiger partial charge in [0.15, 0.2) is 12.1 Å². The average Bonchev–Trinajstić information content (AvgIpc) is 3.05. The summed E-state index contributed by atoms with van der Waals surface area (Å²) in [6, 6.07) is 0.0111. The van der Waals surface area contributed by atoms with Gasteiger partial charge in [0.2, 0.25) is 0 Å². The maximum atomic E-state index is 12.2. The largest absolute Gasteiger partial charge is 0.466 e. The standard InChI is InChI=1S/C21H39NO6/c1-8-25-16(23)12-15(22-14(4)11-9-10-13(2)3)17-18(24-7)19-20(26-17)28-21(5,6)27-19/h13-15,17-20,22H,8-12H2,1-7H3/t14?,15?,17-,18+,19-,20-/m1/s1. The number of carbonyl (C=O) groups is 1. The van der Waals surface area contributed by atoms with Crippen molar-refractivity contribution in [2.45, 2.75) is 110 Å². The molecule has 2 heterocycles. The van der Waals surface area contributed by atoms with Gasteiger partial charge in [-0.2, -0.15) is 0 Å². The fourth-order valence-electron chi connectivity index (χ4n) is 4.05. The molecule has 0 saturated carbocycles. The molecular formula is C21H39NO6. The van der Waals surface area contributed by atoms with Crippen molar-refractivity contribution in [2.24, 2.45) is 5.92 Å². The minimum atomic E-state index is -0.703. The Morgan fingerprint density at radius 1 is 1.18 bits per heavy atom. The summed E-state index contributed by atoms with van der Waals surface area (Å²) in [4.78, 5) is 12.2. The van der Waals surface area contributed by atoms with Gasteiger partial charge in [0.25, 0.3) is 0 Å². The third kappa shape index (κ3) is 6.39. The van der Waals surface area contributed by atoms with Gasteiger partial charge in [-0.15, -0.1) is 0 Å². The van der Waals surface area contributed by atoms with E-state index < -0.39 is 12.1 Å². The molecular weight excluding hydrogens is 362 g/mol. The number of nitrogens with one attached hydrogen (secondary N) is 1. The first kappa shape index (κ1) is 23.5. The number of rotatable bonds is 11. The van der Waals surface area contributed by atoms with E-state index in [2.05, 4.69) is 26.1 Å². The molecule has 0 bridgehead atoms. The molecule has 2 aliphatic rings. The Kier molecular flexibility index (Phi) is 8.70. The van der Waals surface area contributed by atoms with Gasteiger partial charge < -0.3 is 29.0 Å². The van der Waals surface area contributed by atoms with E-state index in [1.165, 1.54) is 6.42 Å². The summed E-state index contributed by atoms with van der Waals surface area (Å²) < 4.78 is 28.9. The highest BCUT2D eigenvalue weighted by molar-refractivity contribution is 5.70. The van der Waals surface area contributed by atoms with Crippen molar-refractivity contribution in [3.05, 3.63) is 0 Å². The second kappa shape index (κ2) is 10.3. The molecule has 2 saturated heterocycles. The summed E-state index contributed by atoms with van der Waals surface area (Å²) in [6.07, 6.45) is 2.11. The van der Waals surface area contributed by atoms with E-state index in [0.717, 1.165) is 12.8 Å². The molecule has 0 amide bonds. The molecule has 0 aliphatic carbocycles. The van der Waals surface area contributed by atoms with Crippen LogP contribution in [0.15, 0.2) is 0 Å². The van der Waals surface area contributed by atoms with Crippen molar-refractivity contribution in [1.82, 2.24) is 5.32 Å². The molecule has 0 aromatic heterocycles. The van der Waals surface area contributed by atoms with Gasteiger partial charge >= 0.3 is 5.97 Å². The van der Waals surface area contributed by atoms with Crippen LogP contribution < -0.4 is 5.32 Å². The van der Waals surface area contributed by atoms with Gasteiger partial charge in [0.1, 0.15) is 18.3 Å². The lowest BCUT2D eigenvalue weighted by Gasteiger charge is -2.32. The fraction of sp³-hybridized carbons (Fsp3) is 0.952. The summed E-state index contributed by atoms with van der Waals surface area (Å²) in [5.74, 6) is -0.256. The number of hydrogen-bond donors (Lipinski definition) is 1. The van der Waals surface area contributed by atoms with Gasteiger partial charge in [-0.05, 0) is 40.0 Å². The van der Waals surface area contributed by atoms with Crippen molar-refractivity contribution in [2.75, 3.05) is 13.7 Å². The smallest absolute Gasteiger partial charge is 0.307 e. The molecule has 1 N–H and O–H groups in total. The quantitative estimate of drug-likeness (QED) is 0.533. The van der Waals surface area contributed by atoms with Gasteiger partial charge in [-0.1, -0.05) is 26.7 Å². The highest BCUT2D eigenvalue weighted by atomic mass is 16.8. The molecule has 164 valence electrons. The zero-order valence-corrected chi connectivity index (χ0v) is 18.5. The van der Waals surface area contributed by atoms with E-state index in [9.17, 15) is 4.79 Å². The van der Waals surface area contributed by atoms with E-state index in [1.54, 1.807) is 7.11 Å². The zero-order chi connectivity index (χ0) is 20.9. The molecule has 0 aromatic carbocycles. The predicted molar refractivity (Wildman–Crippen MR) is 106 cm³/mol. The first-order valence-corrected chi connectivity index (χ1v) is 10.6. The van der Waals surface area contributed by atoms with Crippen molar-refractivity contribution in [3.8, 4) is 0 Å². The van der Waals surface area contributed by atoms with E-state index in [1.807, 2.05) is 20.8 Å². The lowest BCUT2D eigenvalue weighted by atomic mass is 9.98. The number of carbonyl (C=O) groups excluding carboxylic acids is 1. The van der Waals surface area contributed by atoms with E-state index in [-0.39, 0.29) is 42.8 Å². The molecule has 2 aliphatic heterocycles. The second-order valence-corrected chi connectivity index (χ2v) is 8.78. The van der Waals surface area contributed by atoms with Crippen LogP contribution in [-0.4, -0.2) is 62.2 Å². The number of esters is 1. The minimum Gasteiger partial charge on any atom is -0.466 e. The molecule has 7 nitrogen and oxygen atoms in total. The average molecular weight is 402 g/mol. The summed E-state index contributed by atoms with van der Waals surface area (Å²) >= 11 is 0. The lowest BCUT2D eigenvalue weighted by Crippen LogP contribution is -2.51. The maximum Gasteiger partial charge on any atom is 0.307 e. The molecule has 2 fully saturated rings. The van der Waals surface area contributed by atoms with Crippen molar-refractivity contribution >= 4 is 5.97 Å². The summed E-state index contributed by atoms with van der Waals surface area (Å²) in [5.41, 5.74) is 0. The Labute approximate surface area is 169 Å². The van der Waals surface area contributed by atoms with Crippen molar-refractivity contribution < 1.29 is 28.5 Å². The second-order valence-electron chi connectivity index (χ2n) is 8.78. The van der Waals surface area contributed by atoms with Crippen LogP contribution in [0.25, 0.3) is 0 Å². The number of hydrogen-bond acceptors (Lipinski definition) is 7. The van der Waals surface area contributed by atoms with Crippen LogP contribution in [0.4, 0.5) is 0 Å². The molecule has 2 rings (SSSR count). The molecule has 6 atom stereocenters. The third-order valence-electron chi connectivity index (χ3n) is 5.30. The molecule has 0 aromatic rings. The predicted octanol–water partition coefficient (Wildman–Crippen LogP) is 3.00. The van der Waals surface area contributed by atoms with Gasteiger partial charge in [-0.25, -0.2) is 0 Å². The Hall–Kier alpha value is -0.730. The van der Waals surface area contributed by atoms with E-state index in [0.29, 0.717) is 12.5 Å². The first-order valence-electron chi connectivity index (χ1n) is 10.6. The Balaban J connectivity index is 2.05. The maximum absolute atomic E-state index is 12.2.